The molecule has 2 aromatic heterocycles. The lowest BCUT2D eigenvalue weighted by molar-refractivity contribution is 0.590. The lowest BCUT2D eigenvalue weighted by Crippen LogP contribution is -2.55. The highest BCUT2D eigenvalue weighted by Crippen LogP contribution is 2.49. The van der Waals surface area contributed by atoms with Crippen molar-refractivity contribution in [2.75, 3.05) is 0 Å². The van der Waals surface area contributed by atoms with Crippen molar-refractivity contribution < 1.29 is 0 Å². The van der Waals surface area contributed by atoms with Crippen molar-refractivity contribution >= 4 is 72.2 Å². The van der Waals surface area contributed by atoms with Crippen LogP contribution in [0.25, 0.3) is 105 Å². The van der Waals surface area contributed by atoms with Gasteiger partial charge in [-0.15, -0.1) is 0 Å². The molecule has 2 nitrogen and oxygen atoms in total. The molecule has 13 rings (SSSR count). The number of rotatable bonds is 3. The molecule has 0 N–H and O–H groups in total. The molecule has 11 aromatic rings. The highest BCUT2D eigenvalue weighted by Gasteiger charge is 2.43. The molecule has 0 spiro atoms. The second-order valence-electron chi connectivity index (χ2n) is 20.2. The Morgan fingerprint density at radius 1 is 0.452 bits per heavy atom. The van der Waals surface area contributed by atoms with Crippen molar-refractivity contribution in [2.45, 2.75) is 59.3 Å². The molecule has 0 amide bonds. The Hall–Kier alpha value is -6.84. The third-order valence-electron chi connectivity index (χ3n) is 14.5. The Kier molecular flexibility index (Phi) is 7.04. The molecule has 0 radical (unpaired) electrons. The summed E-state index contributed by atoms with van der Waals surface area (Å²) in [6.07, 6.45) is 0. The molecule has 2 aliphatic heterocycles. The van der Waals surface area contributed by atoms with Crippen molar-refractivity contribution in [3.63, 3.8) is 0 Å². The summed E-state index contributed by atoms with van der Waals surface area (Å²) >= 11 is 0. The van der Waals surface area contributed by atoms with Gasteiger partial charge < -0.3 is 9.05 Å². The van der Waals surface area contributed by atoms with Gasteiger partial charge in [0, 0.05) is 43.8 Å². The average molecular weight is 795 g/mol. The first-order valence-corrected chi connectivity index (χ1v) is 22.3. The molecule has 4 heterocycles. The van der Waals surface area contributed by atoms with Gasteiger partial charge in [0.05, 0.1) is 11.0 Å². The molecule has 3 heteroatoms. The van der Waals surface area contributed by atoms with E-state index >= 15 is 0 Å². The third kappa shape index (κ3) is 4.77. The molecular weight excluding hydrogens is 747 g/mol. The van der Waals surface area contributed by atoms with Gasteiger partial charge >= 0.3 is 6.85 Å². The van der Waals surface area contributed by atoms with E-state index in [2.05, 4.69) is 215 Å². The van der Waals surface area contributed by atoms with E-state index in [-0.39, 0.29) is 17.7 Å². The summed E-state index contributed by atoms with van der Waals surface area (Å²) in [6.45, 7) is 16.5. The molecule has 0 aliphatic carbocycles. The van der Waals surface area contributed by atoms with E-state index < -0.39 is 0 Å². The molecule has 9 aromatic carbocycles. The predicted octanol–water partition coefficient (Wildman–Crippen LogP) is 14.3. The molecule has 0 unspecified atom stereocenters. The first kappa shape index (κ1) is 35.9. The number of nitrogens with zero attached hydrogens (tertiary/aromatic N) is 2. The van der Waals surface area contributed by atoms with Gasteiger partial charge in [-0.2, -0.15) is 0 Å². The molecule has 0 saturated carbocycles. The highest BCUT2D eigenvalue weighted by molar-refractivity contribution is 6.90. The molecule has 296 valence electrons. The van der Waals surface area contributed by atoms with Gasteiger partial charge in [-0.25, -0.2) is 0 Å². The molecule has 0 fully saturated rings. The van der Waals surface area contributed by atoms with E-state index in [0.717, 1.165) is 0 Å². The number of fused-ring (bicyclic) bond motifs is 8. The molecule has 0 atom stereocenters. The highest BCUT2D eigenvalue weighted by atomic mass is 15.0. The van der Waals surface area contributed by atoms with Crippen LogP contribution in [-0.4, -0.2) is 15.9 Å². The van der Waals surface area contributed by atoms with E-state index in [9.17, 15) is 0 Å². The Morgan fingerprint density at radius 3 is 1.76 bits per heavy atom. The quantitative estimate of drug-likeness (QED) is 0.125. The normalized spacial score (nSPS) is 13.4. The molecular formula is C59H47BN2. The van der Waals surface area contributed by atoms with Crippen LogP contribution < -0.4 is 10.9 Å². The number of aromatic nitrogens is 2. The van der Waals surface area contributed by atoms with Crippen LogP contribution in [0.1, 0.15) is 58.2 Å². The Morgan fingerprint density at radius 2 is 1.08 bits per heavy atom. The molecule has 0 bridgehead atoms. The minimum atomic E-state index is -0.0533. The van der Waals surface area contributed by atoms with Crippen LogP contribution >= 0.6 is 0 Å². The van der Waals surface area contributed by atoms with Crippen molar-refractivity contribution in [1.82, 2.24) is 9.05 Å². The maximum atomic E-state index is 2.74. The summed E-state index contributed by atoms with van der Waals surface area (Å²) < 4.78 is 5.39. The Balaban J connectivity index is 1.23. The van der Waals surface area contributed by atoms with Gasteiger partial charge in [-0.05, 0) is 150 Å². The smallest absolute Gasteiger partial charge is 0.333 e. The molecule has 2 aliphatic rings. The fraction of sp³-hybridized carbons (Fsp3) is 0.153. The summed E-state index contributed by atoms with van der Waals surface area (Å²) in [5, 5.41) is 8.03. The van der Waals surface area contributed by atoms with E-state index in [1.807, 2.05) is 0 Å². The zero-order valence-corrected chi connectivity index (χ0v) is 36.5. The second-order valence-corrected chi connectivity index (χ2v) is 20.2. The summed E-state index contributed by atoms with van der Waals surface area (Å²) in [5.74, 6) is 0. The van der Waals surface area contributed by atoms with Crippen LogP contribution in [0.15, 0.2) is 158 Å². The molecule has 0 saturated heterocycles. The first-order valence-electron chi connectivity index (χ1n) is 22.3. The van der Waals surface area contributed by atoms with E-state index in [4.69, 9.17) is 0 Å². The maximum absolute atomic E-state index is 2.74. The minimum Gasteiger partial charge on any atom is -0.375 e. The Bertz CT molecular complexity index is 3640. The number of hydrogen-bond donors (Lipinski definition) is 0. The summed E-state index contributed by atoms with van der Waals surface area (Å²) in [7, 11) is 0. The van der Waals surface area contributed by atoms with E-state index in [1.165, 1.54) is 132 Å². The lowest BCUT2D eigenvalue weighted by atomic mass is 9.45. The van der Waals surface area contributed by atoms with Crippen molar-refractivity contribution in [3.8, 4) is 50.2 Å². The molecule has 62 heavy (non-hydrogen) atoms. The lowest BCUT2D eigenvalue weighted by Gasteiger charge is -2.36. The standard InChI is InChI=1S/C59H47BN2/c1-34-44(41-28-39(35-15-10-8-11-16-35)27-40(29-41)36-17-12-9-13-18-36)33-51-55-52(34)47-32-43(59(5,6)7)31-46-45-30-42(58(2,3)4)24-26-49(45)62(56(46)47)60(55)48-25-23-38-22-21-37-19-14-20-50-53(37)54(38)57(48)61(50)51/h8-33H,1-7H3. The van der Waals surface area contributed by atoms with Crippen LogP contribution in [-0.2, 0) is 10.8 Å². The van der Waals surface area contributed by atoms with Crippen LogP contribution in [0, 0.1) is 6.92 Å². The van der Waals surface area contributed by atoms with Crippen LogP contribution in [0.5, 0.6) is 0 Å². The number of benzene rings is 9. The van der Waals surface area contributed by atoms with Crippen molar-refractivity contribution in [2.24, 2.45) is 0 Å². The average Bonchev–Trinajstić information content (AvgIpc) is 3.81. The van der Waals surface area contributed by atoms with Crippen LogP contribution in [0.2, 0.25) is 0 Å². The minimum absolute atomic E-state index is 0.00280. The monoisotopic (exact) mass is 794 g/mol. The first-order chi connectivity index (χ1) is 29.9. The summed E-state index contributed by atoms with van der Waals surface area (Å²) in [6, 6.07) is 60.4. The summed E-state index contributed by atoms with van der Waals surface area (Å²) in [4.78, 5) is 0. The van der Waals surface area contributed by atoms with Crippen LogP contribution in [0.3, 0.4) is 0 Å². The third-order valence-corrected chi connectivity index (χ3v) is 14.5. The zero-order valence-electron chi connectivity index (χ0n) is 36.5. The fourth-order valence-corrected chi connectivity index (χ4v) is 11.4. The van der Waals surface area contributed by atoms with Gasteiger partial charge in [0.2, 0.25) is 0 Å². The topological polar surface area (TPSA) is 9.86 Å². The maximum Gasteiger partial charge on any atom is 0.333 e. The van der Waals surface area contributed by atoms with Gasteiger partial charge in [0.15, 0.2) is 0 Å². The second kappa shape index (κ2) is 12.2. The summed E-state index contributed by atoms with van der Waals surface area (Å²) in [5.41, 5.74) is 23.5. The van der Waals surface area contributed by atoms with Gasteiger partial charge in [-0.1, -0.05) is 145 Å². The van der Waals surface area contributed by atoms with Gasteiger partial charge in [0.25, 0.3) is 0 Å². The predicted molar refractivity (Wildman–Crippen MR) is 267 cm³/mol. The van der Waals surface area contributed by atoms with Crippen molar-refractivity contribution in [1.29, 1.82) is 0 Å². The SMILES string of the molecule is Cc1c(-c2cc(-c3ccccc3)cc(-c3ccccc3)c2)cc2c3c1-c1cc(C(C)(C)C)cc4c5cc(C(C)(C)C)ccc5n(c14)B3c1ccc3ccc4cccc5c4c3c1n5-2. The Labute approximate surface area is 363 Å². The largest absolute Gasteiger partial charge is 0.375 e. The van der Waals surface area contributed by atoms with E-state index in [1.54, 1.807) is 0 Å². The van der Waals surface area contributed by atoms with Gasteiger partial charge in [0.1, 0.15) is 0 Å². The number of hydrogen-bond acceptors (Lipinski definition) is 0. The van der Waals surface area contributed by atoms with Crippen LogP contribution in [0.4, 0.5) is 0 Å². The van der Waals surface area contributed by atoms with E-state index in [0.29, 0.717) is 0 Å². The fourth-order valence-electron chi connectivity index (χ4n) is 11.4. The van der Waals surface area contributed by atoms with Gasteiger partial charge in [-0.3, -0.25) is 0 Å². The zero-order chi connectivity index (χ0) is 42.0. The van der Waals surface area contributed by atoms with Crippen molar-refractivity contribution in [3.05, 3.63) is 174 Å².